The average molecular weight is 328 g/mol. The third-order valence-electron chi connectivity index (χ3n) is 2.66. The molecular weight excluding hydrogens is 316 g/mol. The van der Waals surface area contributed by atoms with Crippen LogP contribution in [0.2, 0.25) is 5.15 Å². The molecule has 0 saturated heterocycles. The molecule has 1 aromatic heterocycles. The first-order chi connectivity index (χ1) is 8.61. The first-order valence-corrected chi connectivity index (χ1v) is 6.78. The number of halogens is 2. The maximum absolute atomic E-state index is 12.0. The van der Waals surface area contributed by atoms with Gasteiger partial charge in [-0.15, -0.1) is 0 Å². The molecule has 5 heteroatoms. The minimum atomic E-state index is -0.123. The van der Waals surface area contributed by atoms with Gasteiger partial charge in [0, 0.05) is 17.0 Å². The van der Waals surface area contributed by atoms with Gasteiger partial charge in [0.25, 0.3) is 5.56 Å². The van der Waals surface area contributed by atoms with Crippen LogP contribution in [0.15, 0.2) is 39.6 Å². The van der Waals surface area contributed by atoms with Crippen LogP contribution in [0.3, 0.4) is 0 Å². The molecule has 1 heterocycles. The van der Waals surface area contributed by atoms with Crippen LogP contribution in [0, 0.1) is 0 Å². The first-order valence-electron chi connectivity index (χ1n) is 5.61. The van der Waals surface area contributed by atoms with Crippen molar-refractivity contribution in [1.82, 2.24) is 9.55 Å². The lowest BCUT2D eigenvalue weighted by Gasteiger charge is -2.11. The van der Waals surface area contributed by atoms with E-state index in [0.29, 0.717) is 18.8 Å². The molecule has 2 rings (SSSR count). The summed E-state index contributed by atoms with van der Waals surface area (Å²) in [4.78, 5) is 16.1. The maximum Gasteiger partial charge on any atom is 0.255 e. The van der Waals surface area contributed by atoms with Crippen molar-refractivity contribution in [3.8, 4) is 0 Å². The number of rotatable bonds is 3. The Morgan fingerprint density at radius 1 is 1.39 bits per heavy atom. The summed E-state index contributed by atoms with van der Waals surface area (Å²) in [6, 6.07) is 9.16. The monoisotopic (exact) mass is 326 g/mol. The van der Waals surface area contributed by atoms with E-state index in [2.05, 4.69) is 20.9 Å². The zero-order chi connectivity index (χ0) is 13.1. The van der Waals surface area contributed by atoms with Gasteiger partial charge >= 0.3 is 0 Å². The predicted octanol–water partition coefficient (Wildman–Crippen LogP) is 3.27. The molecule has 0 fully saturated rings. The van der Waals surface area contributed by atoms with Crippen LogP contribution < -0.4 is 5.56 Å². The fourth-order valence-electron chi connectivity index (χ4n) is 1.76. The van der Waals surface area contributed by atoms with Gasteiger partial charge in [0.15, 0.2) is 0 Å². The standard InChI is InChI=1S/C13H12BrClN2O/c1-2-12-16-11(15)7-13(18)17(12)8-9-5-3-4-6-10(9)14/h3-7H,2,8H2,1H3. The van der Waals surface area contributed by atoms with Gasteiger partial charge in [0.1, 0.15) is 11.0 Å². The summed E-state index contributed by atoms with van der Waals surface area (Å²) in [7, 11) is 0. The van der Waals surface area contributed by atoms with Crippen molar-refractivity contribution in [2.75, 3.05) is 0 Å². The second kappa shape index (κ2) is 5.67. The van der Waals surface area contributed by atoms with Crippen LogP contribution in [0.25, 0.3) is 0 Å². The highest BCUT2D eigenvalue weighted by Crippen LogP contribution is 2.17. The summed E-state index contributed by atoms with van der Waals surface area (Å²) in [6.45, 7) is 2.45. The van der Waals surface area contributed by atoms with Crippen LogP contribution >= 0.6 is 27.5 Å². The van der Waals surface area contributed by atoms with Crippen molar-refractivity contribution in [2.24, 2.45) is 0 Å². The fraction of sp³-hybridized carbons (Fsp3) is 0.231. The highest BCUT2D eigenvalue weighted by molar-refractivity contribution is 9.10. The topological polar surface area (TPSA) is 34.9 Å². The van der Waals surface area contributed by atoms with Crippen LogP contribution in [-0.2, 0) is 13.0 Å². The molecule has 0 spiro atoms. The van der Waals surface area contributed by atoms with Crippen molar-refractivity contribution in [1.29, 1.82) is 0 Å². The van der Waals surface area contributed by atoms with E-state index in [1.807, 2.05) is 31.2 Å². The number of hydrogen-bond donors (Lipinski definition) is 0. The molecule has 18 heavy (non-hydrogen) atoms. The summed E-state index contributed by atoms with van der Waals surface area (Å²) >= 11 is 9.28. The van der Waals surface area contributed by atoms with E-state index in [1.165, 1.54) is 6.07 Å². The van der Waals surface area contributed by atoms with Gasteiger partial charge in [-0.05, 0) is 11.6 Å². The number of benzene rings is 1. The molecule has 94 valence electrons. The average Bonchev–Trinajstić information content (AvgIpc) is 2.34. The van der Waals surface area contributed by atoms with Crippen molar-refractivity contribution in [3.63, 3.8) is 0 Å². The van der Waals surface area contributed by atoms with Crippen molar-refractivity contribution in [2.45, 2.75) is 19.9 Å². The normalized spacial score (nSPS) is 10.6. The van der Waals surface area contributed by atoms with Crippen LogP contribution in [0.4, 0.5) is 0 Å². The van der Waals surface area contributed by atoms with Crippen molar-refractivity contribution in [3.05, 3.63) is 61.7 Å². The van der Waals surface area contributed by atoms with E-state index in [1.54, 1.807) is 4.57 Å². The molecule has 1 aromatic carbocycles. The zero-order valence-corrected chi connectivity index (χ0v) is 12.2. The Kier molecular flexibility index (Phi) is 4.19. The van der Waals surface area contributed by atoms with Gasteiger partial charge in [-0.3, -0.25) is 9.36 Å². The summed E-state index contributed by atoms with van der Waals surface area (Å²) < 4.78 is 2.63. The number of nitrogens with zero attached hydrogens (tertiary/aromatic N) is 2. The zero-order valence-electron chi connectivity index (χ0n) is 9.86. The summed E-state index contributed by atoms with van der Waals surface area (Å²) in [5.41, 5.74) is 0.918. The molecule has 0 radical (unpaired) electrons. The molecule has 0 unspecified atom stereocenters. The molecule has 0 aliphatic carbocycles. The molecule has 3 nitrogen and oxygen atoms in total. The Morgan fingerprint density at radius 2 is 2.11 bits per heavy atom. The highest BCUT2D eigenvalue weighted by atomic mass is 79.9. The van der Waals surface area contributed by atoms with E-state index in [9.17, 15) is 4.79 Å². The van der Waals surface area contributed by atoms with Crippen LogP contribution in [0.1, 0.15) is 18.3 Å². The lowest BCUT2D eigenvalue weighted by atomic mass is 10.2. The van der Waals surface area contributed by atoms with Gasteiger partial charge < -0.3 is 0 Å². The molecule has 0 atom stereocenters. The molecule has 0 aliphatic heterocycles. The molecular formula is C13H12BrClN2O. The fourth-order valence-corrected chi connectivity index (χ4v) is 2.36. The Labute approximate surface area is 119 Å². The van der Waals surface area contributed by atoms with E-state index in [4.69, 9.17) is 11.6 Å². The summed E-state index contributed by atoms with van der Waals surface area (Å²) in [5.74, 6) is 0.697. The molecule has 2 aromatic rings. The van der Waals surface area contributed by atoms with Crippen molar-refractivity contribution >= 4 is 27.5 Å². The highest BCUT2D eigenvalue weighted by Gasteiger charge is 2.08. The number of hydrogen-bond acceptors (Lipinski definition) is 2. The third kappa shape index (κ3) is 2.82. The second-order valence-corrected chi connectivity index (χ2v) is 5.11. The van der Waals surface area contributed by atoms with Crippen molar-refractivity contribution < 1.29 is 0 Å². The van der Waals surface area contributed by atoms with Crippen LogP contribution in [0.5, 0.6) is 0 Å². The SMILES string of the molecule is CCc1nc(Cl)cc(=O)n1Cc1ccccc1Br. The van der Waals surface area contributed by atoms with E-state index >= 15 is 0 Å². The molecule has 0 amide bonds. The first kappa shape index (κ1) is 13.3. The minimum Gasteiger partial charge on any atom is -0.292 e. The van der Waals surface area contributed by atoms with Gasteiger partial charge in [-0.2, -0.15) is 0 Å². The van der Waals surface area contributed by atoms with Gasteiger partial charge in [-0.25, -0.2) is 4.98 Å². The van der Waals surface area contributed by atoms with Gasteiger partial charge in [0.05, 0.1) is 6.54 Å². The lowest BCUT2D eigenvalue weighted by Crippen LogP contribution is -2.24. The summed E-state index contributed by atoms with van der Waals surface area (Å²) in [6.07, 6.45) is 0.667. The maximum atomic E-state index is 12.0. The summed E-state index contributed by atoms with van der Waals surface area (Å²) in [5, 5.41) is 0.250. The minimum absolute atomic E-state index is 0.123. The quantitative estimate of drug-likeness (QED) is 0.811. The predicted molar refractivity (Wildman–Crippen MR) is 76.1 cm³/mol. The van der Waals surface area contributed by atoms with E-state index in [0.717, 1.165) is 10.0 Å². The third-order valence-corrected chi connectivity index (χ3v) is 3.63. The Morgan fingerprint density at radius 3 is 2.78 bits per heavy atom. The molecule has 0 bridgehead atoms. The van der Waals surface area contributed by atoms with Gasteiger partial charge in [-0.1, -0.05) is 52.7 Å². The molecule has 0 N–H and O–H groups in total. The molecule has 0 saturated carbocycles. The van der Waals surface area contributed by atoms with E-state index in [-0.39, 0.29) is 10.7 Å². The van der Waals surface area contributed by atoms with Crippen LogP contribution in [-0.4, -0.2) is 9.55 Å². The Hall–Kier alpha value is -1.13. The van der Waals surface area contributed by atoms with E-state index < -0.39 is 0 Å². The largest absolute Gasteiger partial charge is 0.292 e. The Bertz CT molecular complexity index is 625. The van der Waals surface area contributed by atoms with Gasteiger partial charge in [0.2, 0.25) is 0 Å². The number of aromatic nitrogens is 2. The lowest BCUT2D eigenvalue weighted by molar-refractivity contribution is 0.673. The Balaban J connectivity index is 2.47. The second-order valence-electron chi connectivity index (χ2n) is 3.86. The molecule has 0 aliphatic rings. The smallest absolute Gasteiger partial charge is 0.255 e. The number of aryl methyl sites for hydroxylation is 1.